The number of hydrogen-bond donors (Lipinski definition) is 1. The van der Waals surface area contributed by atoms with Crippen molar-refractivity contribution in [2.75, 3.05) is 0 Å². The Bertz CT molecular complexity index is 1390. The molecule has 1 amide bonds. The summed E-state index contributed by atoms with van der Waals surface area (Å²) in [6.45, 7) is 2.10. The van der Waals surface area contributed by atoms with Crippen molar-refractivity contribution in [3.05, 3.63) is 125 Å². The lowest BCUT2D eigenvalue weighted by Crippen LogP contribution is -2.33. The number of esters is 1. The third kappa shape index (κ3) is 7.69. The van der Waals surface area contributed by atoms with Crippen molar-refractivity contribution in [3.63, 3.8) is 0 Å². The Kier molecular flexibility index (Phi) is 9.10. The van der Waals surface area contributed by atoms with E-state index in [4.69, 9.17) is 25.8 Å². The van der Waals surface area contributed by atoms with Crippen molar-refractivity contribution >= 4 is 29.7 Å². The van der Waals surface area contributed by atoms with Gasteiger partial charge in [-0.3, -0.25) is 4.79 Å². The van der Waals surface area contributed by atoms with Crippen LogP contribution in [0.4, 0.5) is 0 Å². The third-order valence-electron chi connectivity index (χ3n) is 5.33. The molecule has 1 atom stereocenters. The van der Waals surface area contributed by atoms with E-state index >= 15 is 0 Å². The first-order chi connectivity index (χ1) is 18.5. The van der Waals surface area contributed by atoms with Gasteiger partial charge >= 0.3 is 5.97 Å². The van der Waals surface area contributed by atoms with Crippen LogP contribution in [0.5, 0.6) is 17.2 Å². The molecule has 4 rings (SSSR count). The highest BCUT2D eigenvalue weighted by Gasteiger charge is 2.14. The van der Waals surface area contributed by atoms with Gasteiger partial charge in [-0.15, -0.1) is 0 Å². The first-order valence-electron chi connectivity index (χ1n) is 11.8. The first kappa shape index (κ1) is 26.4. The fourth-order valence-corrected chi connectivity index (χ4v) is 3.50. The molecule has 0 unspecified atom stereocenters. The zero-order chi connectivity index (χ0) is 26.7. The third-order valence-corrected chi connectivity index (χ3v) is 5.66. The molecule has 4 aromatic carbocycles. The summed E-state index contributed by atoms with van der Waals surface area (Å²) in [7, 11) is 0. The standard InChI is InChI=1S/C30H25ClN2O5/c1-21(37-25-17-15-24(16-18-25)36-20-23-7-3-2-4-8-23)29(34)33-32-19-22-11-13-26(14-12-22)38-30(35)27-9-5-6-10-28(27)31/h2-19,21H,20H2,1H3,(H,33,34)/b32-19-/t21-/m0/s1. The molecule has 38 heavy (non-hydrogen) atoms. The van der Waals surface area contributed by atoms with E-state index < -0.39 is 18.0 Å². The number of rotatable bonds is 10. The van der Waals surface area contributed by atoms with Crippen LogP contribution in [0.25, 0.3) is 0 Å². The Morgan fingerprint density at radius 3 is 2.18 bits per heavy atom. The molecular formula is C30H25ClN2O5. The number of nitrogens with one attached hydrogen (secondary N) is 1. The highest BCUT2D eigenvalue weighted by molar-refractivity contribution is 6.33. The topological polar surface area (TPSA) is 86.2 Å². The maximum atomic E-state index is 12.4. The summed E-state index contributed by atoms with van der Waals surface area (Å²) in [6.07, 6.45) is 0.707. The molecule has 0 spiro atoms. The van der Waals surface area contributed by atoms with Crippen LogP contribution in [0.3, 0.4) is 0 Å². The van der Waals surface area contributed by atoms with E-state index in [1.165, 1.54) is 6.21 Å². The van der Waals surface area contributed by atoms with Crippen LogP contribution in [0.1, 0.15) is 28.4 Å². The van der Waals surface area contributed by atoms with Gasteiger partial charge in [0.25, 0.3) is 5.91 Å². The van der Waals surface area contributed by atoms with Gasteiger partial charge in [0.05, 0.1) is 16.8 Å². The fraction of sp³-hybridized carbons (Fsp3) is 0.100. The molecule has 0 bridgehead atoms. The van der Waals surface area contributed by atoms with Gasteiger partial charge in [0.15, 0.2) is 6.10 Å². The smallest absolute Gasteiger partial charge is 0.345 e. The SMILES string of the molecule is C[C@H](Oc1ccc(OCc2ccccc2)cc1)C(=O)N/N=C\c1ccc(OC(=O)c2ccccc2Cl)cc1. The minimum Gasteiger partial charge on any atom is -0.489 e. The van der Waals surface area contributed by atoms with E-state index in [2.05, 4.69) is 10.5 Å². The number of hydrogen-bond acceptors (Lipinski definition) is 6. The van der Waals surface area contributed by atoms with Crippen LogP contribution in [-0.2, 0) is 11.4 Å². The van der Waals surface area contributed by atoms with Gasteiger partial charge in [-0.05, 0) is 78.7 Å². The summed E-state index contributed by atoms with van der Waals surface area (Å²) >= 11 is 6.03. The molecule has 0 saturated heterocycles. The monoisotopic (exact) mass is 528 g/mol. The van der Waals surface area contributed by atoms with Gasteiger partial charge in [0, 0.05) is 0 Å². The lowest BCUT2D eigenvalue weighted by Gasteiger charge is -2.13. The van der Waals surface area contributed by atoms with Crippen molar-refractivity contribution in [1.29, 1.82) is 0 Å². The second-order valence-electron chi connectivity index (χ2n) is 8.18. The van der Waals surface area contributed by atoms with E-state index in [-0.39, 0.29) is 5.56 Å². The summed E-state index contributed by atoms with van der Waals surface area (Å²) in [4.78, 5) is 24.6. The fourth-order valence-electron chi connectivity index (χ4n) is 3.29. The predicted octanol–water partition coefficient (Wildman–Crippen LogP) is 6.06. The van der Waals surface area contributed by atoms with E-state index in [9.17, 15) is 9.59 Å². The molecule has 192 valence electrons. The largest absolute Gasteiger partial charge is 0.489 e. The molecule has 1 N–H and O–H groups in total. The predicted molar refractivity (Wildman–Crippen MR) is 146 cm³/mol. The van der Waals surface area contributed by atoms with Crippen molar-refractivity contribution in [2.24, 2.45) is 5.10 Å². The average Bonchev–Trinajstić information content (AvgIpc) is 2.94. The number of benzene rings is 4. The van der Waals surface area contributed by atoms with E-state index in [1.807, 2.05) is 30.3 Å². The second-order valence-corrected chi connectivity index (χ2v) is 8.59. The average molecular weight is 529 g/mol. The van der Waals surface area contributed by atoms with Gasteiger partial charge < -0.3 is 14.2 Å². The lowest BCUT2D eigenvalue weighted by atomic mass is 10.2. The molecule has 0 fully saturated rings. The van der Waals surface area contributed by atoms with E-state index in [1.54, 1.807) is 79.7 Å². The first-order valence-corrected chi connectivity index (χ1v) is 12.2. The van der Waals surface area contributed by atoms with Crippen LogP contribution in [0.2, 0.25) is 5.02 Å². The maximum absolute atomic E-state index is 12.4. The highest BCUT2D eigenvalue weighted by atomic mass is 35.5. The Morgan fingerprint density at radius 1 is 0.842 bits per heavy atom. The second kappa shape index (κ2) is 13.1. The van der Waals surface area contributed by atoms with E-state index in [0.29, 0.717) is 34.4 Å². The molecule has 0 aliphatic heterocycles. The van der Waals surface area contributed by atoms with Crippen LogP contribution >= 0.6 is 11.6 Å². The zero-order valence-electron chi connectivity index (χ0n) is 20.5. The molecule has 0 saturated carbocycles. The molecule has 0 aliphatic rings. The summed E-state index contributed by atoms with van der Waals surface area (Å²) in [5.74, 6) is 0.636. The van der Waals surface area contributed by atoms with Crippen molar-refractivity contribution in [3.8, 4) is 17.2 Å². The van der Waals surface area contributed by atoms with Crippen molar-refractivity contribution < 1.29 is 23.8 Å². The molecule has 0 aliphatic carbocycles. The number of carbonyl (C=O) groups is 2. The molecule has 7 nitrogen and oxygen atoms in total. The lowest BCUT2D eigenvalue weighted by molar-refractivity contribution is -0.127. The summed E-state index contributed by atoms with van der Waals surface area (Å²) in [6, 6.07) is 30.2. The Labute approximate surface area is 225 Å². The van der Waals surface area contributed by atoms with Crippen molar-refractivity contribution in [1.82, 2.24) is 5.43 Å². The Balaban J connectivity index is 1.22. The van der Waals surface area contributed by atoms with Crippen LogP contribution < -0.4 is 19.6 Å². The number of amides is 1. The summed E-state index contributed by atoms with van der Waals surface area (Å²) < 4.78 is 16.8. The molecule has 8 heteroatoms. The van der Waals surface area contributed by atoms with Crippen LogP contribution in [0, 0.1) is 0 Å². The van der Waals surface area contributed by atoms with Gasteiger partial charge in [0.2, 0.25) is 0 Å². The van der Waals surface area contributed by atoms with Crippen molar-refractivity contribution in [2.45, 2.75) is 19.6 Å². The Morgan fingerprint density at radius 2 is 1.47 bits per heavy atom. The number of halogens is 1. The van der Waals surface area contributed by atoms with Gasteiger partial charge in [-0.25, -0.2) is 10.2 Å². The number of hydrazone groups is 1. The molecule has 4 aromatic rings. The quantitative estimate of drug-likeness (QED) is 0.117. The Hall–Kier alpha value is -4.62. The van der Waals surface area contributed by atoms with Gasteiger partial charge in [-0.1, -0.05) is 54.1 Å². The number of ether oxygens (including phenoxy) is 3. The minimum atomic E-state index is -0.769. The van der Waals surface area contributed by atoms with Gasteiger partial charge in [0.1, 0.15) is 23.9 Å². The molecule has 0 radical (unpaired) electrons. The molecule has 0 aromatic heterocycles. The normalized spacial score (nSPS) is 11.5. The summed E-state index contributed by atoms with van der Waals surface area (Å²) in [5, 5.41) is 4.29. The highest BCUT2D eigenvalue weighted by Crippen LogP contribution is 2.20. The minimum absolute atomic E-state index is 0.284. The molecule has 0 heterocycles. The van der Waals surface area contributed by atoms with E-state index in [0.717, 1.165) is 5.56 Å². The maximum Gasteiger partial charge on any atom is 0.345 e. The zero-order valence-corrected chi connectivity index (χ0v) is 21.3. The summed E-state index contributed by atoms with van der Waals surface area (Å²) in [5.41, 5.74) is 4.51. The molecular weight excluding hydrogens is 504 g/mol. The van der Waals surface area contributed by atoms with Crippen LogP contribution in [-0.4, -0.2) is 24.2 Å². The number of carbonyl (C=O) groups excluding carboxylic acids is 2. The van der Waals surface area contributed by atoms with Gasteiger partial charge in [-0.2, -0.15) is 5.10 Å². The number of nitrogens with zero attached hydrogens (tertiary/aromatic N) is 1. The van der Waals surface area contributed by atoms with Crippen LogP contribution in [0.15, 0.2) is 108 Å².